The first-order valence-electron chi connectivity index (χ1n) is 10.4. The average Bonchev–Trinajstić information content (AvgIpc) is 3.17. The van der Waals surface area contributed by atoms with Crippen molar-refractivity contribution in [3.63, 3.8) is 0 Å². The summed E-state index contributed by atoms with van der Waals surface area (Å²) in [5.41, 5.74) is 0.581. The van der Waals surface area contributed by atoms with Crippen molar-refractivity contribution in [1.29, 1.82) is 5.26 Å². The lowest BCUT2D eigenvalue weighted by Gasteiger charge is -2.21. The predicted molar refractivity (Wildman–Crippen MR) is 120 cm³/mol. The van der Waals surface area contributed by atoms with E-state index < -0.39 is 39.9 Å². The van der Waals surface area contributed by atoms with E-state index in [-0.39, 0.29) is 35.6 Å². The Morgan fingerprint density at radius 1 is 1.30 bits per heavy atom. The van der Waals surface area contributed by atoms with Crippen LogP contribution in [0.2, 0.25) is 6.32 Å². The van der Waals surface area contributed by atoms with Crippen molar-refractivity contribution >= 4 is 28.9 Å². The van der Waals surface area contributed by atoms with Crippen molar-refractivity contribution in [3.05, 3.63) is 40.8 Å². The predicted octanol–water partition coefficient (Wildman–Crippen LogP) is 2.51. The molecule has 33 heavy (non-hydrogen) atoms. The zero-order valence-electron chi connectivity index (χ0n) is 18.8. The molecule has 0 atom stereocenters. The van der Waals surface area contributed by atoms with E-state index in [4.69, 9.17) is 10.0 Å². The lowest BCUT2D eigenvalue weighted by Crippen LogP contribution is -2.35. The number of hydrogen-bond acceptors (Lipinski definition) is 7. The standard InChI is InChI=1S/C20H27BFN5O5S/c1-12(2)15-10-14(11-23)18(22)17(13(3)4)19(15)24-20(28)26-33(31,32)16-6-9-27(25-16)8-5-7-21(29)30/h6,9-10,12-13,29-30H,5,7-8H2,1-4H3,(H2,24,26,28). The number of aryl methyl sites for hydroxylation is 1. The highest BCUT2D eigenvalue weighted by Crippen LogP contribution is 2.36. The monoisotopic (exact) mass is 479 g/mol. The second-order valence-electron chi connectivity index (χ2n) is 8.14. The Kier molecular flexibility index (Phi) is 8.60. The van der Waals surface area contributed by atoms with Crippen LogP contribution in [-0.4, -0.2) is 41.4 Å². The molecule has 0 radical (unpaired) electrons. The summed E-state index contributed by atoms with van der Waals surface area (Å²) in [5.74, 6) is -1.34. The Morgan fingerprint density at radius 2 is 1.97 bits per heavy atom. The third-order valence-electron chi connectivity index (χ3n) is 4.86. The molecule has 0 fully saturated rings. The fourth-order valence-corrected chi connectivity index (χ4v) is 4.13. The number of carbonyl (C=O) groups excluding carboxylic acids is 1. The van der Waals surface area contributed by atoms with Crippen LogP contribution in [0.15, 0.2) is 23.4 Å². The van der Waals surface area contributed by atoms with Gasteiger partial charge in [-0.1, -0.05) is 27.7 Å². The van der Waals surface area contributed by atoms with Crippen LogP contribution in [0.5, 0.6) is 0 Å². The number of amides is 2. The maximum atomic E-state index is 14.9. The van der Waals surface area contributed by atoms with Crippen LogP contribution < -0.4 is 10.0 Å². The largest absolute Gasteiger partial charge is 0.451 e. The quantitative estimate of drug-likeness (QED) is 0.403. The molecule has 1 aromatic heterocycles. The number of hydrogen-bond donors (Lipinski definition) is 4. The molecule has 178 valence electrons. The van der Waals surface area contributed by atoms with E-state index in [1.807, 2.05) is 10.8 Å². The molecular formula is C20H27BFN5O5S. The van der Waals surface area contributed by atoms with Gasteiger partial charge in [-0.25, -0.2) is 13.9 Å². The van der Waals surface area contributed by atoms with Crippen LogP contribution in [0, 0.1) is 17.1 Å². The minimum Gasteiger partial charge on any atom is -0.427 e. The highest BCUT2D eigenvalue weighted by Gasteiger charge is 2.26. The van der Waals surface area contributed by atoms with Gasteiger partial charge in [-0.05, 0) is 42.3 Å². The second kappa shape index (κ2) is 10.8. The summed E-state index contributed by atoms with van der Waals surface area (Å²) < 4.78 is 43.2. The molecule has 1 aromatic carbocycles. The molecule has 2 amide bonds. The highest BCUT2D eigenvalue weighted by molar-refractivity contribution is 7.90. The van der Waals surface area contributed by atoms with E-state index >= 15 is 0 Å². The first-order chi connectivity index (χ1) is 15.4. The number of halogens is 1. The second-order valence-corrected chi connectivity index (χ2v) is 9.77. The fraction of sp³-hybridized carbons (Fsp3) is 0.450. The minimum absolute atomic E-state index is 0.0973. The Balaban J connectivity index is 2.28. The highest BCUT2D eigenvalue weighted by atomic mass is 32.2. The summed E-state index contributed by atoms with van der Waals surface area (Å²) in [7, 11) is -5.79. The van der Waals surface area contributed by atoms with Gasteiger partial charge in [0.1, 0.15) is 11.9 Å². The first kappa shape index (κ1) is 26.3. The molecule has 13 heteroatoms. The number of anilines is 1. The minimum atomic E-state index is -4.33. The molecule has 2 aromatic rings. The summed E-state index contributed by atoms with van der Waals surface area (Å²) in [6.45, 7) is 7.26. The van der Waals surface area contributed by atoms with Gasteiger partial charge in [-0.3, -0.25) is 4.68 Å². The number of nitrogens with one attached hydrogen (secondary N) is 2. The SMILES string of the molecule is CC(C)c1cc(C#N)c(F)c(C(C)C)c1NC(=O)NS(=O)(=O)c1ccn(CCCB(O)O)n1. The van der Waals surface area contributed by atoms with Gasteiger partial charge in [-0.15, -0.1) is 0 Å². The third-order valence-corrected chi connectivity index (χ3v) is 6.08. The lowest BCUT2D eigenvalue weighted by atomic mass is 9.85. The molecule has 1 heterocycles. The van der Waals surface area contributed by atoms with Crippen LogP contribution in [0.3, 0.4) is 0 Å². The zero-order chi connectivity index (χ0) is 24.9. The van der Waals surface area contributed by atoms with E-state index in [0.717, 1.165) is 0 Å². The van der Waals surface area contributed by atoms with Crippen LogP contribution >= 0.6 is 0 Å². The summed E-state index contributed by atoms with van der Waals surface area (Å²) in [4.78, 5) is 12.6. The fourth-order valence-electron chi connectivity index (χ4n) is 3.28. The summed E-state index contributed by atoms with van der Waals surface area (Å²) in [5, 5.41) is 33.0. The van der Waals surface area contributed by atoms with E-state index in [1.54, 1.807) is 27.7 Å². The number of benzene rings is 1. The Morgan fingerprint density at radius 3 is 2.52 bits per heavy atom. The maximum absolute atomic E-state index is 14.9. The number of rotatable bonds is 9. The molecule has 0 saturated carbocycles. The van der Waals surface area contributed by atoms with Crippen LogP contribution in [0.25, 0.3) is 0 Å². The maximum Gasteiger partial charge on any atom is 0.451 e. The average molecular weight is 479 g/mol. The van der Waals surface area contributed by atoms with E-state index in [1.165, 1.54) is 23.0 Å². The summed E-state index contributed by atoms with van der Waals surface area (Å²) in [6, 6.07) is 3.26. The Labute approximate surface area is 192 Å². The Bertz CT molecular complexity index is 1160. The lowest BCUT2D eigenvalue weighted by molar-refractivity contribution is 0.256. The Hall–Kier alpha value is -2.95. The zero-order valence-corrected chi connectivity index (χ0v) is 19.6. The number of nitriles is 1. The van der Waals surface area contributed by atoms with Gasteiger partial charge in [-0.2, -0.15) is 18.8 Å². The molecule has 0 aliphatic rings. The van der Waals surface area contributed by atoms with Crippen molar-refractivity contribution in [2.75, 3.05) is 5.32 Å². The topological polar surface area (TPSA) is 157 Å². The number of aromatic nitrogens is 2. The van der Waals surface area contributed by atoms with Crippen LogP contribution in [-0.2, 0) is 16.6 Å². The van der Waals surface area contributed by atoms with Crippen molar-refractivity contribution in [3.8, 4) is 6.07 Å². The van der Waals surface area contributed by atoms with Crippen molar-refractivity contribution in [2.45, 2.75) is 63.8 Å². The molecule has 0 unspecified atom stereocenters. The summed E-state index contributed by atoms with van der Waals surface area (Å²) >= 11 is 0. The molecule has 10 nitrogen and oxygen atoms in total. The number of urea groups is 1. The first-order valence-corrected chi connectivity index (χ1v) is 11.9. The van der Waals surface area contributed by atoms with Gasteiger partial charge in [0.15, 0.2) is 5.03 Å². The molecule has 2 rings (SSSR count). The third kappa shape index (κ3) is 6.53. The normalized spacial score (nSPS) is 11.5. The molecule has 0 bridgehead atoms. The molecular weight excluding hydrogens is 452 g/mol. The number of carbonyl (C=O) groups is 1. The van der Waals surface area contributed by atoms with Gasteiger partial charge in [0.2, 0.25) is 0 Å². The molecule has 0 saturated heterocycles. The molecule has 0 aliphatic heterocycles. The molecule has 4 N–H and O–H groups in total. The number of sulfonamides is 1. The van der Waals surface area contributed by atoms with Gasteiger partial charge in [0, 0.05) is 18.3 Å². The van der Waals surface area contributed by atoms with Gasteiger partial charge >= 0.3 is 13.1 Å². The number of nitrogens with zero attached hydrogens (tertiary/aromatic N) is 3. The van der Waals surface area contributed by atoms with Crippen molar-refractivity contribution in [2.24, 2.45) is 0 Å². The van der Waals surface area contributed by atoms with E-state index in [2.05, 4.69) is 10.4 Å². The van der Waals surface area contributed by atoms with Crippen LogP contribution in [0.4, 0.5) is 14.9 Å². The van der Waals surface area contributed by atoms with Gasteiger partial charge in [0.25, 0.3) is 10.0 Å². The smallest absolute Gasteiger partial charge is 0.427 e. The molecule has 0 spiro atoms. The van der Waals surface area contributed by atoms with Gasteiger partial charge in [0.05, 0.1) is 11.3 Å². The van der Waals surface area contributed by atoms with Crippen molar-refractivity contribution in [1.82, 2.24) is 14.5 Å². The van der Waals surface area contributed by atoms with E-state index in [9.17, 15) is 22.9 Å². The van der Waals surface area contributed by atoms with Crippen LogP contribution in [0.1, 0.15) is 62.6 Å². The summed E-state index contributed by atoms with van der Waals surface area (Å²) in [6.07, 6.45) is 1.84. The van der Waals surface area contributed by atoms with Crippen molar-refractivity contribution < 1.29 is 27.7 Å². The van der Waals surface area contributed by atoms with Gasteiger partial charge < -0.3 is 15.4 Å². The van der Waals surface area contributed by atoms with E-state index in [0.29, 0.717) is 12.0 Å². The molecule has 0 aliphatic carbocycles.